The topological polar surface area (TPSA) is 104 Å². The number of rotatable bonds is 8. The van der Waals surface area contributed by atoms with Crippen molar-refractivity contribution in [1.82, 2.24) is 23.7 Å². The van der Waals surface area contributed by atoms with Crippen LogP contribution in [0.1, 0.15) is 24.3 Å². The van der Waals surface area contributed by atoms with Crippen molar-refractivity contribution in [2.45, 2.75) is 33.5 Å². The molecule has 0 fully saturated rings. The fourth-order valence-corrected chi connectivity index (χ4v) is 3.00. The minimum atomic E-state index is -0.530. The molecule has 9 heteroatoms. The molecule has 0 radical (unpaired) electrons. The summed E-state index contributed by atoms with van der Waals surface area (Å²) in [6.07, 6.45) is 3.15. The Labute approximate surface area is 155 Å². The Bertz CT molecular complexity index is 1060. The summed E-state index contributed by atoms with van der Waals surface area (Å²) >= 11 is 0. The summed E-state index contributed by atoms with van der Waals surface area (Å²) in [5, 5.41) is 0. The van der Waals surface area contributed by atoms with Crippen LogP contribution in [0.3, 0.4) is 0 Å². The highest BCUT2D eigenvalue weighted by atomic mass is 16.5. The number of carbonyl (C=O) groups is 1. The molecule has 9 nitrogen and oxygen atoms in total. The van der Waals surface area contributed by atoms with Gasteiger partial charge in [-0.25, -0.2) is 9.78 Å². The second-order valence-corrected chi connectivity index (χ2v) is 6.79. The van der Waals surface area contributed by atoms with Crippen LogP contribution in [0.2, 0.25) is 0 Å². The SMILES string of the molecule is COCCn1cnc2c1c(=O)n(CC(=O)c1ccc[nH]1)c(=O)n2CC(C)C. The lowest BCUT2D eigenvalue weighted by Crippen LogP contribution is -2.42. The van der Waals surface area contributed by atoms with Crippen molar-refractivity contribution in [3.8, 4) is 0 Å². The van der Waals surface area contributed by atoms with Gasteiger partial charge in [0.05, 0.1) is 25.2 Å². The molecule has 0 spiro atoms. The van der Waals surface area contributed by atoms with Gasteiger partial charge in [0.1, 0.15) is 0 Å². The van der Waals surface area contributed by atoms with Crippen molar-refractivity contribution in [2.75, 3.05) is 13.7 Å². The van der Waals surface area contributed by atoms with E-state index in [1.54, 1.807) is 30.0 Å². The number of aromatic nitrogens is 5. The van der Waals surface area contributed by atoms with Crippen LogP contribution in [0.25, 0.3) is 11.2 Å². The van der Waals surface area contributed by atoms with Crippen molar-refractivity contribution >= 4 is 16.9 Å². The van der Waals surface area contributed by atoms with Gasteiger partial charge in [-0.15, -0.1) is 0 Å². The first-order valence-electron chi connectivity index (χ1n) is 8.78. The first-order valence-corrected chi connectivity index (χ1v) is 8.78. The van der Waals surface area contributed by atoms with Crippen LogP contribution in [-0.4, -0.2) is 43.2 Å². The number of hydrogen-bond acceptors (Lipinski definition) is 5. The zero-order valence-corrected chi connectivity index (χ0v) is 15.6. The number of nitrogens with one attached hydrogen (secondary N) is 1. The Kier molecular flexibility index (Phi) is 5.41. The maximum atomic E-state index is 13.0. The van der Waals surface area contributed by atoms with Crippen LogP contribution in [0.5, 0.6) is 0 Å². The number of fused-ring (bicyclic) bond motifs is 1. The van der Waals surface area contributed by atoms with Gasteiger partial charge in [-0.2, -0.15) is 0 Å². The number of ketones is 1. The van der Waals surface area contributed by atoms with E-state index < -0.39 is 11.2 Å². The molecule has 0 unspecified atom stereocenters. The fraction of sp³-hybridized carbons (Fsp3) is 0.444. The van der Waals surface area contributed by atoms with E-state index in [1.165, 1.54) is 10.9 Å². The number of aromatic amines is 1. The summed E-state index contributed by atoms with van der Waals surface area (Å²) in [5.74, 6) is -0.169. The van der Waals surface area contributed by atoms with Gasteiger partial charge in [0.2, 0.25) is 0 Å². The van der Waals surface area contributed by atoms with Crippen molar-refractivity contribution in [3.63, 3.8) is 0 Å². The molecule has 0 aromatic carbocycles. The Morgan fingerprint density at radius 3 is 2.70 bits per heavy atom. The number of Topliss-reactive ketones (excluding diaryl/α,β-unsaturated/α-hetero) is 1. The van der Waals surface area contributed by atoms with E-state index in [1.807, 2.05) is 13.8 Å². The van der Waals surface area contributed by atoms with Crippen molar-refractivity contribution in [3.05, 3.63) is 51.2 Å². The van der Waals surface area contributed by atoms with Crippen LogP contribution >= 0.6 is 0 Å². The number of nitrogens with zero attached hydrogens (tertiary/aromatic N) is 4. The highest BCUT2D eigenvalue weighted by Gasteiger charge is 2.20. The molecule has 3 rings (SSSR count). The van der Waals surface area contributed by atoms with Crippen molar-refractivity contribution < 1.29 is 9.53 Å². The maximum Gasteiger partial charge on any atom is 0.333 e. The lowest BCUT2D eigenvalue weighted by atomic mass is 10.2. The molecule has 0 saturated heterocycles. The lowest BCUT2D eigenvalue weighted by molar-refractivity contribution is 0.0964. The van der Waals surface area contributed by atoms with E-state index >= 15 is 0 Å². The Balaban J connectivity index is 2.17. The molecule has 0 amide bonds. The second-order valence-electron chi connectivity index (χ2n) is 6.79. The van der Waals surface area contributed by atoms with Gasteiger partial charge in [-0.05, 0) is 18.1 Å². The van der Waals surface area contributed by atoms with Crippen LogP contribution in [0, 0.1) is 5.92 Å². The predicted molar refractivity (Wildman–Crippen MR) is 100 cm³/mol. The molecule has 3 aromatic heterocycles. The van der Waals surface area contributed by atoms with E-state index in [0.717, 1.165) is 4.57 Å². The molecule has 144 valence electrons. The van der Waals surface area contributed by atoms with Gasteiger partial charge in [0, 0.05) is 26.4 Å². The number of carbonyl (C=O) groups excluding carboxylic acids is 1. The third kappa shape index (κ3) is 3.63. The smallest absolute Gasteiger partial charge is 0.333 e. The monoisotopic (exact) mass is 373 g/mol. The largest absolute Gasteiger partial charge is 0.383 e. The van der Waals surface area contributed by atoms with Gasteiger partial charge in [-0.1, -0.05) is 13.8 Å². The van der Waals surface area contributed by atoms with E-state index in [-0.39, 0.29) is 18.2 Å². The Hall–Kier alpha value is -2.94. The van der Waals surface area contributed by atoms with Crippen molar-refractivity contribution in [1.29, 1.82) is 0 Å². The van der Waals surface area contributed by atoms with E-state index in [9.17, 15) is 14.4 Å². The standard InChI is InChI=1S/C18H23N5O4/c1-12(2)9-22-16-15(21(11-20-16)7-8-27-3)17(25)23(18(22)26)10-14(24)13-5-4-6-19-13/h4-6,11-12,19H,7-10H2,1-3H3. The average molecular weight is 373 g/mol. The third-order valence-electron chi connectivity index (χ3n) is 4.27. The first-order chi connectivity index (χ1) is 12.9. The molecule has 3 heterocycles. The summed E-state index contributed by atoms with van der Waals surface area (Å²) in [6.45, 7) is 4.83. The van der Waals surface area contributed by atoms with E-state index in [4.69, 9.17) is 4.74 Å². The summed E-state index contributed by atoms with van der Waals surface area (Å²) in [7, 11) is 1.57. The minimum absolute atomic E-state index is 0.167. The lowest BCUT2D eigenvalue weighted by Gasteiger charge is -2.13. The summed E-state index contributed by atoms with van der Waals surface area (Å²) in [6, 6.07) is 3.30. The molecule has 0 bridgehead atoms. The van der Waals surface area contributed by atoms with Crippen molar-refractivity contribution in [2.24, 2.45) is 5.92 Å². The third-order valence-corrected chi connectivity index (χ3v) is 4.27. The van der Waals surface area contributed by atoms with Gasteiger partial charge in [0.25, 0.3) is 5.56 Å². The van der Waals surface area contributed by atoms with Crippen LogP contribution in [0.15, 0.2) is 34.2 Å². The van der Waals surface area contributed by atoms with Gasteiger partial charge >= 0.3 is 5.69 Å². The van der Waals surface area contributed by atoms with E-state index in [2.05, 4.69) is 9.97 Å². The summed E-state index contributed by atoms with van der Waals surface area (Å²) in [4.78, 5) is 45.5. The van der Waals surface area contributed by atoms with Crippen LogP contribution in [-0.2, 0) is 24.4 Å². The highest BCUT2D eigenvalue weighted by molar-refractivity contribution is 5.94. The van der Waals surface area contributed by atoms with Gasteiger partial charge in [0.15, 0.2) is 16.9 Å². The number of ether oxygens (including phenoxy) is 1. The highest BCUT2D eigenvalue weighted by Crippen LogP contribution is 2.09. The molecular formula is C18H23N5O4. The number of imidazole rings is 1. The Morgan fingerprint density at radius 2 is 2.07 bits per heavy atom. The molecule has 0 atom stereocenters. The zero-order chi connectivity index (χ0) is 19.6. The fourth-order valence-electron chi connectivity index (χ4n) is 3.00. The number of methoxy groups -OCH3 is 1. The maximum absolute atomic E-state index is 13.0. The number of H-pyrrole nitrogens is 1. The zero-order valence-electron chi connectivity index (χ0n) is 15.6. The summed E-state index contributed by atoms with van der Waals surface area (Å²) in [5.41, 5.74) is -0.0729. The van der Waals surface area contributed by atoms with Crippen LogP contribution < -0.4 is 11.2 Å². The predicted octanol–water partition coefficient (Wildman–Crippen LogP) is 0.873. The molecule has 0 aliphatic carbocycles. The molecule has 0 saturated carbocycles. The molecule has 1 N–H and O–H groups in total. The average Bonchev–Trinajstić information content (AvgIpc) is 3.30. The summed E-state index contributed by atoms with van der Waals surface area (Å²) < 4.78 is 9.19. The quantitative estimate of drug-likeness (QED) is 0.590. The molecular weight excluding hydrogens is 350 g/mol. The minimum Gasteiger partial charge on any atom is -0.383 e. The Morgan fingerprint density at radius 1 is 1.30 bits per heavy atom. The number of hydrogen-bond donors (Lipinski definition) is 1. The normalized spacial score (nSPS) is 11.6. The second kappa shape index (κ2) is 7.75. The van der Waals surface area contributed by atoms with Gasteiger partial charge in [-0.3, -0.25) is 18.7 Å². The molecule has 0 aliphatic heterocycles. The first kappa shape index (κ1) is 18.8. The van der Waals surface area contributed by atoms with E-state index in [0.29, 0.717) is 36.6 Å². The molecule has 27 heavy (non-hydrogen) atoms. The molecule has 3 aromatic rings. The van der Waals surface area contributed by atoms with Crippen LogP contribution in [0.4, 0.5) is 0 Å². The van der Waals surface area contributed by atoms with Gasteiger partial charge < -0.3 is 14.3 Å². The molecule has 0 aliphatic rings.